The lowest BCUT2D eigenvalue weighted by molar-refractivity contribution is -0.136. The van der Waals surface area contributed by atoms with Gasteiger partial charge >= 0.3 is 0 Å². The molecule has 1 heterocycles. The van der Waals surface area contributed by atoms with Crippen molar-refractivity contribution in [2.24, 2.45) is 5.92 Å². The molecule has 0 atom stereocenters. The minimum Gasteiger partial charge on any atom is -0.493 e. The Morgan fingerprint density at radius 3 is 2.25 bits per heavy atom. The van der Waals surface area contributed by atoms with Crippen molar-refractivity contribution in [2.75, 3.05) is 45.3 Å². The van der Waals surface area contributed by atoms with Crippen LogP contribution in [-0.4, -0.2) is 51.2 Å². The van der Waals surface area contributed by atoms with Gasteiger partial charge in [-0.15, -0.1) is 0 Å². The summed E-state index contributed by atoms with van der Waals surface area (Å²) in [6, 6.07) is 6.01. The van der Waals surface area contributed by atoms with Crippen LogP contribution in [0.5, 0.6) is 11.5 Å². The summed E-state index contributed by atoms with van der Waals surface area (Å²) < 4.78 is 10.7. The van der Waals surface area contributed by atoms with Crippen LogP contribution < -0.4 is 14.4 Å². The zero-order valence-corrected chi connectivity index (χ0v) is 14.8. The largest absolute Gasteiger partial charge is 0.493 e. The van der Waals surface area contributed by atoms with E-state index in [2.05, 4.69) is 15.9 Å². The summed E-state index contributed by atoms with van der Waals surface area (Å²) in [5.74, 6) is 2.14. The van der Waals surface area contributed by atoms with Gasteiger partial charge in [0.05, 0.1) is 14.2 Å². The molecule has 5 heteroatoms. The number of carbonyl (C=O) groups is 1. The van der Waals surface area contributed by atoms with Crippen molar-refractivity contribution in [3.8, 4) is 11.5 Å². The molecule has 1 saturated carbocycles. The molecule has 0 radical (unpaired) electrons. The highest BCUT2D eigenvalue weighted by atomic mass is 16.5. The molecule has 2 fully saturated rings. The van der Waals surface area contributed by atoms with Gasteiger partial charge in [0.1, 0.15) is 0 Å². The molecule has 0 N–H and O–H groups in total. The van der Waals surface area contributed by atoms with E-state index in [1.165, 1.54) is 19.3 Å². The van der Waals surface area contributed by atoms with Crippen LogP contribution in [0.2, 0.25) is 0 Å². The summed E-state index contributed by atoms with van der Waals surface area (Å²) in [5, 5.41) is 0. The molecule has 1 aliphatic heterocycles. The van der Waals surface area contributed by atoms with E-state index >= 15 is 0 Å². The third-order valence-electron chi connectivity index (χ3n) is 5.28. The maximum absolute atomic E-state index is 12.7. The van der Waals surface area contributed by atoms with E-state index in [-0.39, 0.29) is 5.92 Å². The van der Waals surface area contributed by atoms with Gasteiger partial charge in [0.15, 0.2) is 11.5 Å². The van der Waals surface area contributed by atoms with E-state index in [0.717, 1.165) is 56.2 Å². The van der Waals surface area contributed by atoms with E-state index < -0.39 is 0 Å². The fraction of sp³-hybridized carbons (Fsp3) is 0.632. The van der Waals surface area contributed by atoms with Crippen molar-refractivity contribution in [1.82, 2.24) is 4.90 Å². The maximum atomic E-state index is 12.7. The van der Waals surface area contributed by atoms with Crippen LogP contribution in [0.4, 0.5) is 5.69 Å². The van der Waals surface area contributed by atoms with Crippen LogP contribution in [0.25, 0.3) is 0 Å². The number of hydrogen-bond acceptors (Lipinski definition) is 4. The van der Waals surface area contributed by atoms with Gasteiger partial charge in [-0.05, 0) is 25.0 Å². The predicted octanol–water partition coefficient (Wildman–Crippen LogP) is 2.93. The molecule has 0 bridgehead atoms. The highest BCUT2D eigenvalue weighted by molar-refractivity contribution is 5.79. The van der Waals surface area contributed by atoms with Crippen molar-refractivity contribution in [3.05, 3.63) is 18.2 Å². The number of benzene rings is 1. The van der Waals surface area contributed by atoms with Crippen LogP contribution in [0.1, 0.15) is 32.1 Å². The fourth-order valence-corrected chi connectivity index (χ4v) is 3.81. The Balaban J connectivity index is 1.59. The lowest BCUT2D eigenvalue weighted by atomic mass is 9.88. The summed E-state index contributed by atoms with van der Waals surface area (Å²) in [7, 11) is 3.30. The quantitative estimate of drug-likeness (QED) is 0.850. The van der Waals surface area contributed by atoms with Gasteiger partial charge in [-0.2, -0.15) is 0 Å². The van der Waals surface area contributed by atoms with Crippen molar-refractivity contribution in [2.45, 2.75) is 32.1 Å². The minimum absolute atomic E-state index is 0.270. The minimum atomic E-state index is 0.270. The second-order valence-corrected chi connectivity index (χ2v) is 6.69. The molecule has 1 saturated heterocycles. The van der Waals surface area contributed by atoms with E-state index in [9.17, 15) is 4.79 Å². The van der Waals surface area contributed by atoms with Crippen LogP contribution in [0.3, 0.4) is 0 Å². The van der Waals surface area contributed by atoms with Crippen LogP contribution >= 0.6 is 0 Å². The lowest BCUT2D eigenvalue weighted by Gasteiger charge is -2.38. The van der Waals surface area contributed by atoms with Gasteiger partial charge in [0.25, 0.3) is 0 Å². The van der Waals surface area contributed by atoms with E-state index in [1.54, 1.807) is 14.2 Å². The Bertz CT molecular complexity index is 562. The zero-order chi connectivity index (χ0) is 16.9. The van der Waals surface area contributed by atoms with E-state index in [1.807, 2.05) is 12.1 Å². The van der Waals surface area contributed by atoms with Crippen LogP contribution in [0.15, 0.2) is 18.2 Å². The lowest BCUT2D eigenvalue weighted by Crippen LogP contribution is -2.50. The standard InChI is InChI=1S/C19H28N2O3/c1-23-17-9-8-16(14-18(17)24-2)20-10-12-21(13-11-20)19(22)15-6-4-3-5-7-15/h8-9,14-15H,3-7,10-13H2,1-2H3. The molecule has 24 heavy (non-hydrogen) atoms. The van der Waals surface area contributed by atoms with E-state index in [0.29, 0.717) is 5.91 Å². The number of anilines is 1. The highest BCUT2D eigenvalue weighted by Crippen LogP contribution is 2.32. The Kier molecular flexibility index (Phi) is 5.48. The Morgan fingerprint density at radius 2 is 1.62 bits per heavy atom. The van der Waals surface area contributed by atoms with Gasteiger partial charge in [-0.3, -0.25) is 4.79 Å². The Morgan fingerprint density at radius 1 is 0.958 bits per heavy atom. The van der Waals surface area contributed by atoms with E-state index in [4.69, 9.17) is 9.47 Å². The summed E-state index contributed by atoms with van der Waals surface area (Å²) in [5.41, 5.74) is 1.12. The van der Waals surface area contributed by atoms with Crippen molar-refractivity contribution >= 4 is 11.6 Å². The molecule has 3 rings (SSSR count). The Labute approximate surface area is 144 Å². The smallest absolute Gasteiger partial charge is 0.225 e. The molecule has 1 aromatic carbocycles. The van der Waals surface area contributed by atoms with Gasteiger partial charge < -0.3 is 19.3 Å². The molecule has 0 unspecified atom stereocenters. The van der Waals surface area contributed by atoms with Gasteiger partial charge in [0, 0.05) is 43.9 Å². The number of carbonyl (C=O) groups excluding carboxylic acids is 1. The van der Waals surface area contributed by atoms with Crippen molar-refractivity contribution in [1.29, 1.82) is 0 Å². The van der Waals surface area contributed by atoms with Crippen molar-refractivity contribution in [3.63, 3.8) is 0 Å². The molecule has 5 nitrogen and oxygen atoms in total. The molecule has 1 amide bonds. The number of nitrogens with zero attached hydrogens (tertiary/aromatic N) is 2. The molecule has 1 aromatic rings. The third-order valence-corrected chi connectivity index (χ3v) is 5.28. The first-order chi connectivity index (χ1) is 11.7. The molecular weight excluding hydrogens is 304 g/mol. The molecule has 0 aromatic heterocycles. The average Bonchev–Trinajstić information content (AvgIpc) is 2.67. The topological polar surface area (TPSA) is 42.0 Å². The predicted molar refractivity (Wildman–Crippen MR) is 94.9 cm³/mol. The van der Waals surface area contributed by atoms with Crippen LogP contribution in [0, 0.1) is 5.92 Å². The highest BCUT2D eigenvalue weighted by Gasteiger charge is 2.28. The summed E-state index contributed by atoms with van der Waals surface area (Å²) in [6.07, 6.45) is 5.87. The number of hydrogen-bond donors (Lipinski definition) is 0. The summed E-state index contributed by atoms with van der Waals surface area (Å²) >= 11 is 0. The van der Waals surface area contributed by atoms with Crippen molar-refractivity contribution < 1.29 is 14.3 Å². The number of methoxy groups -OCH3 is 2. The maximum Gasteiger partial charge on any atom is 0.225 e. The number of amides is 1. The molecular formula is C19H28N2O3. The third kappa shape index (κ3) is 3.60. The second-order valence-electron chi connectivity index (χ2n) is 6.69. The SMILES string of the molecule is COc1ccc(N2CCN(C(=O)C3CCCCC3)CC2)cc1OC. The monoisotopic (exact) mass is 332 g/mol. The number of rotatable bonds is 4. The zero-order valence-electron chi connectivity index (χ0n) is 14.8. The summed E-state index contributed by atoms with van der Waals surface area (Å²) in [6.45, 7) is 3.36. The summed E-state index contributed by atoms with van der Waals surface area (Å²) in [4.78, 5) is 17.0. The average molecular weight is 332 g/mol. The van der Waals surface area contributed by atoms with Gasteiger partial charge in [-0.25, -0.2) is 0 Å². The van der Waals surface area contributed by atoms with Gasteiger partial charge in [-0.1, -0.05) is 19.3 Å². The fourth-order valence-electron chi connectivity index (χ4n) is 3.81. The first-order valence-corrected chi connectivity index (χ1v) is 8.98. The van der Waals surface area contributed by atoms with Crippen LogP contribution in [-0.2, 0) is 4.79 Å². The normalized spacial score (nSPS) is 19.2. The molecule has 132 valence electrons. The molecule has 0 spiro atoms. The first-order valence-electron chi connectivity index (χ1n) is 8.98. The molecule has 1 aliphatic carbocycles. The number of ether oxygens (including phenoxy) is 2. The van der Waals surface area contributed by atoms with Gasteiger partial charge in [0.2, 0.25) is 5.91 Å². The first kappa shape index (κ1) is 16.9. The second kappa shape index (κ2) is 7.77. The Hall–Kier alpha value is -1.91. The number of piperazine rings is 1. The molecule has 2 aliphatic rings.